The van der Waals surface area contributed by atoms with Gasteiger partial charge in [-0.15, -0.1) is 0 Å². The number of carbonyl (C=O) groups excluding carboxylic acids is 1. The number of amides is 1. The topological polar surface area (TPSA) is 58.1 Å². The van der Waals surface area contributed by atoms with Crippen LogP contribution in [0.1, 0.15) is 35.4 Å². The number of nitrogens with zero attached hydrogens (tertiary/aromatic N) is 3. The molecule has 1 N–H and O–H groups in total. The van der Waals surface area contributed by atoms with E-state index in [2.05, 4.69) is 21.6 Å². The molecular formula is C22H23FN4OS. The molecule has 0 radical (unpaired) electrons. The minimum atomic E-state index is -0.254. The van der Waals surface area contributed by atoms with Crippen molar-refractivity contribution >= 4 is 28.3 Å². The molecule has 0 unspecified atom stereocenters. The van der Waals surface area contributed by atoms with Crippen molar-refractivity contribution in [2.45, 2.75) is 39.2 Å². The summed E-state index contributed by atoms with van der Waals surface area (Å²) in [7, 11) is 0. The van der Waals surface area contributed by atoms with Crippen LogP contribution >= 0.6 is 11.5 Å². The first-order valence-electron chi connectivity index (χ1n) is 9.71. The summed E-state index contributed by atoms with van der Waals surface area (Å²) in [5.41, 5.74) is 4.13. The second-order valence-corrected chi connectivity index (χ2v) is 8.17. The number of aromatic nitrogens is 2. The Morgan fingerprint density at radius 1 is 1.21 bits per heavy atom. The van der Waals surface area contributed by atoms with Gasteiger partial charge in [0.2, 0.25) is 11.0 Å². The van der Waals surface area contributed by atoms with Gasteiger partial charge in [0.25, 0.3) is 0 Å². The lowest BCUT2D eigenvalue weighted by atomic mass is 10.1. The van der Waals surface area contributed by atoms with Crippen molar-refractivity contribution in [3.05, 3.63) is 70.8 Å². The smallest absolute Gasteiger partial charge is 0.247 e. The lowest BCUT2D eigenvalue weighted by molar-refractivity contribution is -0.117. The Bertz CT molecular complexity index is 1020. The van der Waals surface area contributed by atoms with E-state index in [1.807, 2.05) is 30.0 Å². The third-order valence-electron chi connectivity index (χ3n) is 5.31. The lowest BCUT2D eigenvalue weighted by Crippen LogP contribution is -2.39. The molecule has 0 spiro atoms. The first-order valence-corrected chi connectivity index (χ1v) is 10.5. The minimum absolute atomic E-state index is 0.0129. The number of carbonyl (C=O) groups is 1. The van der Waals surface area contributed by atoms with Crippen molar-refractivity contribution in [1.29, 1.82) is 0 Å². The minimum Gasteiger partial charge on any atom is -0.335 e. The van der Waals surface area contributed by atoms with E-state index >= 15 is 0 Å². The van der Waals surface area contributed by atoms with Gasteiger partial charge < -0.3 is 10.2 Å². The van der Waals surface area contributed by atoms with E-state index in [4.69, 9.17) is 0 Å². The third kappa shape index (κ3) is 4.45. The van der Waals surface area contributed by atoms with Crippen molar-refractivity contribution in [1.82, 2.24) is 9.36 Å². The molecule has 1 aliphatic rings. The molecule has 1 amide bonds. The van der Waals surface area contributed by atoms with Crippen LogP contribution in [-0.4, -0.2) is 27.9 Å². The summed E-state index contributed by atoms with van der Waals surface area (Å²) >= 11 is 1.31. The Hall–Kier alpha value is -2.80. The lowest BCUT2D eigenvalue weighted by Gasteiger charge is -2.22. The maximum atomic E-state index is 13.1. The van der Waals surface area contributed by atoms with E-state index in [-0.39, 0.29) is 17.8 Å². The predicted octanol–water partition coefficient (Wildman–Crippen LogP) is 4.49. The molecule has 3 aromatic rings. The van der Waals surface area contributed by atoms with Crippen molar-refractivity contribution in [3.8, 4) is 0 Å². The van der Waals surface area contributed by atoms with E-state index in [1.165, 1.54) is 29.2 Å². The summed E-state index contributed by atoms with van der Waals surface area (Å²) in [6, 6.07) is 12.1. The molecule has 0 aliphatic carbocycles. The highest BCUT2D eigenvalue weighted by molar-refractivity contribution is 7.09. The van der Waals surface area contributed by atoms with Crippen LogP contribution in [0.15, 0.2) is 42.5 Å². The number of rotatable bonds is 5. The highest BCUT2D eigenvalue weighted by Crippen LogP contribution is 2.28. The maximum absolute atomic E-state index is 13.1. The zero-order valence-electron chi connectivity index (χ0n) is 16.5. The van der Waals surface area contributed by atoms with Gasteiger partial charge >= 0.3 is 0 Å². The van der Waals surface area contributed by atoms with Crippen LogP contribution < -0.4 is 10.2 Å². The largest absolute Gasteiger partial charge is 0.335 e. The van der Waals surface area contributed by atoms with E-state index in [0.29, 0.717) is 12.2 Å². The second kappa shape index (κ2) is 8.29. The van der Waals surface area contributed by atoms with Crippen molar-refractivity contribution in [3.63, 3.8) is 0 Å². The molecule has 4 rings (SSSR count). The standard InChI is InChI=1S/C22H23FN4OS/c1-14-5-10-18(12-15(14)2)24-21(28)19-4-3-11-27(19)22-25-20(26-29-22)13-16-6-8-17(23)9-7-16/h5-10,12,19H,3-4,11,13H2,1-2H3,(H,24,28)/t19-/m1/s1. The number of hydrogen-bond acceptors (Lipinski definition) is 5. The fourth-order valence-corrected chi connectivity index (χ4v) is 4.29. The normalized spacial score (nSPS) is 16.2. The number of halogens is 1. The number of hydrogen-bond donors (Lipinski definition) is 1. The molecule has 5 nitrogen and oxygen atoms in total. The van der Waals surface area contributed by atoms with Gasteiger partial charge in [0.05, 0.1) is 0 Å². The molecule has 1 aliphatic heterocycles. The molecule has 7 heteroatoms. The molecule has 1 aromatic heterocycles. The molecule has 2 aromatic carbocycles. The summed E-state index contributed by atoms with van der Waals surface area (Å²) in [6.07, 6.45) is 2.28. The Labute approximate surface area is 173 Å². The van der Waals surface area contributed by atoms with Gasteiger partial charge in [0.1, 0.15) is 17.7 Å². The summed E-state index contributed by atoms with van der Waals surface area (Å²) in [5.74, 6) is 0.424. The average Bonchev–Trinajstić information content (AvgIpc) is 3.36. The van der Waals surface area contributed by atoms with E-state index in [1.54, 1.807) is 12.1 Å². The highest BCUT2D eigenvalue weighted by Gasteiger charge is 2.33. The molecule has 1 atom stereocenters. The molecule has 150 valence electrons. The van der Waals surface area contributed by atoms with Crippen LogP contribution in [0.4, 0.5) is 15.2 Å². The van der Waals surface area contributed by atoms with Gasteiger partial charge in [0.15, 0.2) is 0 Å². The fraction of sp³-hybridized carbons (Fsp3) is 0.318. The third-order valence-corrected chi connectivity index (χ3v) is 6.10. The number of benzene rings is 2. The summed E-state index contributed by atoms with van der Waals surface area (Å²) in [4.78, 5) is 19.6. The van der Waals surface area contributed by atoms with Gasteiger partial charge in [0, 0.05) is 30.2 Å². The molecule has 0 bridgehead atoms. The molecule has 1 fully saturated rings. The van der Waals surface area contributed by atoms with Gasteiger partial charge in [-0.2, -0.15) is 4.37 Å². The number of nitrogens with one attached hydrogen (secondary N) is 1. The zero-order valence-corrected chi connectivity index (χ0v) is 17.3. The maximum Gasteiger partial charge on any atom is 0.247 e. The summed E-state index contributed by atoms with van der Waals surface area (Å²) in [6.45, 7) is 4.88. The van der Waals surface area contributed by atoms with Crippen LogP contribution in [0.3, 0.4) is 0 Å². The molecule has 0 saturated carbocycles. The SMILES string of the molecule is Cc1ccc(NC(=O)[C@H]2CCCN2c2nc(Cc3ccc(F)cc3)ns2)cc1C. The Balaban J connectivity index is 1.45. The highest BCUT2D eigenvalue weighted by atomic mass is 32.1. The monoisotopic (exact) mass is 410 g/mol. The predicted molar refractivity (Wildman–Crippen MR) is 114 cm³/mol. The van der Waals surface area contributed by atoms with Gasteiger partial charge in [-0.25, -0.2) is 9.37 Å². The van der Waals surface area contributed by atoms with E-state index < -0.39 is 0 Å². The Morgan fingerprint density at radius 3 is 2.76 bits per heavy atom. The van der Waals surface area contributed by atoms with Gasteiger partial charge in [-0.05, 0) is 67.6 Å². The van der Waals surface area contributed by atoms with Crippen LogP contribution in [0, 0.1) is 19.7 Å². The Morgan fingerprint density at radius 2 is 2.00 bits per heavy atom. The fourth-order valence-electron chi connectivity index (χ4n) is 3.53. The molecular weight excluding hydrogens is 387 g/mol. The van der Waals surface area contributed by atoms with Crippen LogP contribution in [0.25, 0.3) is 0 Å². The summed E-state index contributed by atoms with van der Waals surface area (Å²) in [5, 5.41) is 3.81. The Kier molecular flexibility index (Phi) is 5.58. The average molecular weight is 411 g/mol. The van der Waals surface area contributed by atoms with E-state index in [9.17, 15) is 9.18 Å². The van der Waals surface area contributed by atoms with Crippen molar-refractivity contribution in [2.24, 2.45) is 0 Å². The van der Waals surface area contributed by atoms with E-state index in [0.717, 1.165) is 41.3 Å². The number of aryl methyl sites for hydroxylation is 2. The van der Waals surface area contributed by atoms with Crippen LogP contribution in [0.5, 0.6) is 0 Å². The zero-order chi connectivity index (χ0) is 20.4. The first kappa shape index (κ1) is 19.5. The van der Waals surface area contributed by atoms with Gasteiger partial charge in [-0.1, -0.05) is 18.2 Å². The van der Waals surface area contributed by atoms with Crippen molar-refractivity contribution in [2.75, 3.05) is 16.8 Å². The number of anilines is 2. The molecule has 29 heavy (non-hydrogen) atoms. The molecule has 2 heterocycles. The summed E-state index contributed by atoms with van der Waals surface area (Å²) < 4.78 is 17.5. The molecule has 1 saturated heterocycles. The van der Waals surface area contributed by atoms with Gasteiger partial charge in [-0.3, -0.25) is 4.79 Å². The van der Waals surface area contributed by atoms with Crippen LogP contribution in [-0.2, 0) is 11.2 Å². The first-order chi connectivity index (χ1) is 14.0. The second-order valence-electron chi connectivity index (χ2n) is 7.44. The quantitative estimate of drug-likeness (QED) is 0.673. The van der Waals surface area contributed by atoms with Crippen LogP contribution in [0.2, 0.25) is 0 Å². The van der Waals surface area contributed by atoms with Crippen molar-refractivity contribution < 1.29 is 9.18 Å².